The largest absolute Gasteiger partial charge is 0.378 e. The minimum atomic E-state index is -3.46. The van der Waals surface area contributed by atoms with E-state index in [1.807, 2.05) is 24.3 Å². The first-order chi connectivity index (χ1) is 15.5. The molecule has 7 nitrogen and oxygen atoms in total. The Labute approximate surface area is 189 Å². The van der Waals surface area contributed by atoms with Gasteiger partial charge in [-0.1, -0.05) is 0 Å². The standard InChI is InChI=1S/C24H29N3O4S/c28-24(19-5-7-21(8-6-19)25-14-16-31-17-15-25)27-13-3-4-20-18-22(9-10-23(20)27)32(29,30)26-11-1-2-12-26/h5-10,18H,1-4,11-17H2. The van der Waals surface area contributed by atoms with Gasteiger partial charge in [0.25, 0.3) is 5.91 Å². The normalized spacial score (nSPS) is 19.8. The number of carbonyl (C=O) groups excluding carboxylic acids is 1. The van der Waals surface area contributed by atoms with Gasteiger partial charge in [-0.25, -0.2) is 8.42 Å². The highest BCUT2D eigenvalue weighted by Gasteiger charge is 2.30. The monoisotopic (exact) mass is 455 g/mol. The maximum atomic E-state index is 13.3. The van der Waals surface area contributed by atoms with Crippen molar-refractivity contribution in [1.82, 2.24) is 4.31 Å². The highest BCUT2D eigenvalue weighted by Crippen LogP contribution is 2.32. The van der Waals surface area contributed by atoms with E-state index in [1.54, 1.807) is 27.4 Å². The van der Waals surface area contributed by atoms with E-state index in [0.29, 0.717) is 30.1 Å². The van der Waals surface area contributed by atoms with Crippen molar-refractivity contribution in [1.29, 1.82) is 0 Å². The Kier molecular flexibility index (Phi) is 5.92. The third kappa shape index (κ3) is 4.02. The zero-order chi connectivity index (χ0) is 22.1. The number of carbonyl (C=O) groups is 1. The highest BCUT2D eigenvalue weighted by atomic mass is 32.2. The lowest BCUT2D eigenvalue weighted by Gasteiger charge is -2.31. The predicted molar refractivity (Wildman–Crippen MR) is 124 cm³/mol. The van der Waals surface area contributed by atoms with Crippen molar-refractivity contribution in [3.63, 3.8) is 0 Å². The molecule has 0 bridgehead atoms. The molecule has 2 aromatic rings. The number of rotatable bonds is 4. The number of morpholine rings is 1. The molecule has 0 aromatic heterocycles. The first kappa shape index (κ1) is 21.4. The van der Waals surface area contributed by atoms with E-state index in [9.17, 15) is 13.2 Å². The molecule has 0 unspecified atom stereocenters. The number of anilines is 2. The van der Waals surface area contributed by atoms with Crippen molar-refractivity contribution in [3.8, 4) is 0 Å². The topological polar surface area (TPSA) is 70.2 Å². The molecule has 0 saturated carbocycles. The van der Waals surface area contributed by atoms with Crippen LogP contribution in [-0.2, 0) is 21.2 Å². The summed E-state index contributed by atoms with van der Waals surface area (Å²) in [5.74, 6) is -0.0466. The number of hydrogen-bond donors (Lipinski definition) is 0. The molecular formula is C24H29N3O4S. The summed E-state index contributed by atoms with van der Waals surface area (Å²) in [6.45, 7) is 4.97. The van der Waals surface area contributed by atoms with Gasteiger partial charge < -0.3 is 14.5 Å². The van der Waals surface area contributed by atoms with Gasteiger partial charge in [0.05, 0.1) is 18.1 Å². The van der Waals surface area contributed by atoms with E-state index in [0.717, 1.165) is 68.9 Å². The average Bonchev–Trinajstić information content (AvgIpc) is 3.40. The Bertz CT molecular complexity index is 1090. The van der Waals surface area contributed by atoms with E-state index in [2.05, 4.69) is 4.90 Å². The first-order valence-electron chi connectivity index (χ1n) is 11.4. The number of amides is 1. The summed E-state index contributed by atoms with van der Waals surface area (Å²) < 4.78 is 32.9. The summed E-state index contributed by atoms with van der Waals surface area (Å²) in [7, 11) is -3.46. The van der Waals surface area contributed by atoms with Crippen LogP contribution in [0.2, 0.25) is 0 Å². The highest BCUT2D eigenvalue weighted by molar-refractivity contribution is 7.89. The fraction of sp³-hybridized carbons (Fsp3) is 0.458. The van der Waals surface area contributed by atoms with Crippen molar-refractivity contribution in [3.05, 3.63) is 53.6 Å². The fourth-order valence-corrected chi connectivity index (χ4v) is 6.38. The third-order valence-corrected chi connectivity index (χ3v) is 8.50. The molecule has 1 amide bonds. The van der Waals surface area contributed by atoms with Gasteiger partial charge in [0.2, 0.25) is 10.0 Å². The Morgan fingerprint density at radius 3 is 2.28 bits per heavy atom. The number of sulfonamides is 1. The van der Waals surface area contributed by atoms with Crippen molar-refractivity contribution >= 4 is 27.3 Å². The lowest BCUT2D eigenvalue weighted by atomic mass is 10.0. The van der Waals surface area contributed by atoms with Crippen molar-refractivity contribution < 1.29 is 17.9 Å². The number of benzene rings is 2. The van der Waals surface area contributed by atoms with Gasteiger partial charge in [-0.15, -0.1) is 0 Å². The summed E-state index contributed by atoms with van der Waals surface area (Å²) in [4.78, 5) is 17.7. The molecule has 8 heteroatoms. The zero-order valence-corrected chi connectivity index (χ0v) is 19.0. The van der Waals surface area contributed by atoms with Gasteiger partial charge in [0, 0.05) is 49.7 Å². The number of fused-ring (bicyclic) bond motifs is 1. The van der Waals surface area contributed by atoms with E-state index < -0.39 is 10.0 Å². The maximum Gasteiger partial charge on any atom is 0.258 e. The minimum absolute atomic E-state index is 0.0466. The molecule has 2 aromatic carbocycles. The summed E-state index contributed by atoms with van der Waals surface area (Å²) in [5.41, 5.74) is 3.48. The molecule has 5 rings (SSSR count). The van der Waals surface area contributed by atoms with Gasteiger partial charge in [-0.05, 0) is 73.7 Å². The Morgan fingerprint density at radius 1 is 0.844 bits per heavy atom. The molecule has 3 aliphatic heterocycles. The lowest BCUT2D eigenvalue weighted by Crippen LogP contribution is -2.37. The van der Waals surface area contributed by atoms with E-state index in [-0.39, 0.29) is 5.91 Å². The van der Waals surface area contributed by atoms with Crippen LogP contribution in [0.15, 0.2) is 47.4 Å². The summed E-state index contributed by atoms with van der Waals surface area (Å²) in [6, 6.07) is 13.0. The van der Waals surface area contributed by atoms with Gasteiger partial charge >= 0.3 is 0 Å². The number of hydrogen-bond acceptors (Lipinski definition) is 5. The van der Waals surface area contributed by atoms with E-state index in [4.69, 9.17) is 4.74 Å². The molecule has 32 heavy (non-hydrogen) atoms. The Hall–Kier alpha value is -2.42. The molecule has 0 spiro atoms. The molecule has 170 valence electrons. The summed E-state index contributed by atoms with van der Waals surface area (Å²) in [6.07, 6.45) is 3.42. The molecule has 2 saturated heterocycles. The fourth-order valence-electron chi connectivity index (χ4n) is 4.81. The predicted octanol–water partition coefficient (Wildman–Crippen LogP) is 2.90. The molecule has 3 heterocycles. The Morgan fingerprint density at radius 2 is 1.56 bits per heavy atom. The van der Waals surface area contributed by atoms with Crippen LogP contribution in [0.25, 0.3) is 0 Å². The molecular weight excluding hydrogens is 426 g/mol. The summed E-state index contributed by atoms with van der Waals surface area (Å²) >= 11 is 0. The smallest absolute Gasteiger partial charge is 0.258 e. The van der Waals surface area contributed by atoms with Crippen LogP contribution in [0, 0.1) is 0 Å². The second-order valence-electron chi connectivity index (χ2n) is 8.61. The molecule has 3 aliphatic rings. The van der Waals surface area contributed by atoms with Crippen LogP contribution in [-0.4, -0.2) is 64.6 Å². The van der Waals surface area contributed by atoms with Crippen LogP contribution in [0.4, 0.5) is 11.4 Å². The molecule has 2 fully saturated rings. The van der Waals surface area contributed by atoms with Crippen molar-refractivity contribution in [2.24, 2.45) is 0 Å². The van der Waals surface area contributed by atoms with Crippen molar-refractivity contribution in [2.45, 2.75) is 30.6 Å². The molecule has 0 atom stereocenters. The second kappa shape index (κ2) is 8.84. The number of nitrogens with zero attached hydrogens (tertiary/aromatic N) is 3. The van der Waals surface area contributed by atoms with E-state index >= 15 is 0 Å². The van der Waals surface area contributed by atoms with Gasteiger partial charge in [0.1, 0.15) is 0 Å². The lowest BCUT2D eigenvalue weighted by molar-refractivity contribution is 0.0985. The third-order valence-electron chi connectivity index (χ3n) is 6.61. The molecule has 0 N–H and O–H groups in total. The minimum Gasteiger partial charge on any atom is -0.378 e. The number of ether oxygens (including phenoxy) is 1. The van der Waals surface area contributed by atoms with Crippen molar-refractivity contribution in [2.75, 3.05) is 55.7 Å². The molecule has 0 radical (unpaired) electrons. The van der Waals surface area contributed by atoms with Crippen LogP contribution in [0.3, 0.4) is 0 Å². The number of aryl methyl sites for hydroxylation is 1. The average molecular weight is 456 g/mol. The van der Waals surface area contributed by atoms with Crippen LogP contribution in [0.1, 0.15) is 35.2 Å². The quantitative estimate of drug-likeness (QED) is 0.709. The zero-order valence-electron chi connectivity index (χ0n) is 18.2. The van der Waals surface area contributed by atoms with Gasteiger partial charge in [0.15, 0.2) is 0 Å². The van der Waals surface area contributed by atoms with Crippen LogP contribution in [0.5, 0.6) is 0 Å². The second-order valence-corrected chi connectivity index (χ2v) is 10.5. The summed E-state index contributed by atoms with van der Waals surface area (Å²) in [5, 5.41) is 0. The van der Waals surface area contributed by atoms with Gasteiger partial charge in [-0.2, -0.15) is 4.31 Å². The Balaban J connectivity index is 1.37. The SMILES string of the molecule is O=C(c1ccc(N2CCOCC2)cc1)N1CCCc2cc(S(=O)(=O)N3CCCC3)ccc21. The molecule has 0 aliphatic carbocycles. The van der Waals surface area contributed by atoms with Gasteiger partial charge in [-0.3, -0.25) is 4.79 Å². The first-order valence-corrected chi connectivity index (χ1v) is 12.9. The van der Waals surface area contributed by atoms with Crippen LogP contribution >= 0.6 is 0 Å². The van der Waals surface area contributed by atoms with Crippen LogP contribution < -0.4 is 9.80 Å². The maximum absolute atomic E-state index is 13.3. The van der Waals surface area contributed by atoms with E-state index in [1.165, 1.54) is 0 Å².